The molecule has 1 aromatic heterocycles. The van der Waals surface area contributed by atoms with E-state index in [-0.39, 0.29) is 11.7 Å². The van der Waals surface area contributed by atoms with E-state index in [0.717, 1.165) is 0 Å². The number of carbonyl (C=O) groups excluding carboxylic acids is 4. The van der Waals surface area contributed by atoms with E-state index < -0.39 is 24.0 Å². The Bertz CT molecular complexity index is 925. The van der Waals surface area contributed by atoms with Crippen LogP contribution in [0.4, 0.5) is 5.69 Å². The van der Waals surface area contributed by atoms with E-state index in [1.165, 1.54) is 30.1 Å². The van der Waals surface area contributed by atoms with Crippen molar-refractivity contribution in [1.29, 1.82) is 0 Å². The smallest absolute Gasteiger partial charge is 0.329 e. The molecule has 7 nitrogen and oxygen atoms in total. The van der Waals surface area contributed by atoms with Crippen molar-refractivity contribution in [3.8, 4) is 0 Å². The zero-order valence-corrected chi connectivity index (χ0v) is 17.0. The first-order valence-corrected chi connectivity index (χ1v) is 10.2. The average Bonchev–Trinajstić information content (AvgIpc) is 3.39. The Hall–Kier alpha value is -3.00. The number of nitrogens with one attached hydrogen (secondary N) is 1. The van der Waals surface area contributed by atoms with Gasteiger partial charge in [0.1, 0.15) is 6.04 Å². The predicted molar refractivity (Wildman–Crippen MR) is 109 cm³/mol. The first-order valence-electron chi connectivity index (χ1n) is 9.33. The summed E-state index contributed by atoms with van der Waals surface area (Å²) in [5.74, 6) is -1.41. The van der Waals surface area contributed by atoms with Crippen molar-refractivity contribution in [3.05, 3.63) is 52.2 Å². The zero-order chi connectivity index (χ0) is 21.0. The van der Waals surface area contributed by atoms with E-state index in [1.807, 2.05) is 5.38 Å². The first-order chi connectivity index (χ1) is 13.9. The van der Waals surface area contributed by atoms with Crippen molar-refractivity contribution in [3.63, 3.8) is 0 Å². The molecule has 1 aliphatic heterocycles. The van der Waals surface area contributed by atoms with Crippen LogP contribution in [0.2, 0.25) is 0 Å². The van der Waals surface area contributed by atoms with Crippen LogP contribution in [0.3, 0.4) is 0 Å². The summed E-state index contributed by atoms with van der Waals surface area (Å²) >= 11 is 1.32. The lowest BCUT2D eigenvalue weighted by Crippen LogP contribution is -2.43. The van der Waals surface area contributed by atoms with Gasteiger partial charge in [-0.25, -0.2) is 4.79 Å². The van der Waals surface area contributed by atoms with Crippen molar-refractivity contribution >= 4 is 40.6 Å². The van der Waals surface area contributed by atoms with E-state index in [4.69, 9.17) is 4.74 Å². The number of rotatable bonds is 6. The molecule has 0 aliphatic carbocycles. The van der Waals surface area contributed by atoms with Crippen LogP contribution in [-0.2, 0) is 14.3 Å². The standard InChI is InChI=1S/C21H22N2O5S/c1-13(24)15-6-3-7-16(12-15)22-19(25)14(2)28-21(27)17-8-4-10-23(17)20(26)18-9-5-11-29-18/h3,5-7,9,11-12,14,17H,4,8,10H2,1-2H3,(H,22,25)/t14?,17-/m0/s1. The topological polar surface area (TPSA) is 92.8 Å². The molecule has 1 fully saturated rings. The van der Waals surface area contributed by atoms with Gasteiger partial charge in [-0.1, -0.05) is 18.2 Å². The van der Waals surface area contributed by atoms with Gasteiger partial charge in [-0.05, 0) is 50.3 Å². The van der Waals surface area contributed by atoms with Gasteiger partial charge in [0.15, 0.2) is 11.9 Å². The number of nitrogens with zero attached hydrogens (tertiary/aromatic N) is 1. The van der Waals surface area contributed by atoms with Gasteiger partial charge in [0, 0.05) is 17.8 Å². The maximum atomic E-state index is 12.6. The summed E-state index contributed by atoms with van der Waals surface area (Å²) in [5.41, 5.74) is 0.919. The quantitative estimate of drug-likeness (QED) is 0.579. The molecule has 1 aromatic carbocycles. The van der Waals surface area contributed by atoms with E-state index in [9.17, 15) is 19.2 Å². The number of carbonyl (C=O) groups is 4. The highest BCUT2D eigenvalue weighted by molar-refractivity contribution is 7.12. The summed E-state index contributed by atoms with van der Waals surface area (Å²) in [4.78, 5) is 51.1. The molecule has 2 heterocycles. The molecule has 2 aromatic rings. The van der Waals surface area contributed by atoms with Crippen LogP contribution in [0.25, 0.3) is 0 Å². The molecule has 2 atom stereocenters. The highest BCUT2D eigenvalue weighted by atomic mass is 32.1. The third kappa shape index (κ3) is 4.89. The summed E-state index contributed by atoms with van der Waals surface area (Å²) in [6, 6.07) is 9.34. The highest BCUT2D eigenvalue weighted by Gasteiger charge is 2.37. The summed E-state index contributed by atoms with van der Waals surface area (Å²) < 4.78 is 5.34. The number of hydrogen-bond acceptors (Lipinski definition) is 6. The number of Topliss-reactive ketones (excluding diaryl/α,β-unsaturated/α-hetero) is 1. The number of benzene rings is 1. The molecule has 1 saturated heterocycles. The third-order valence-corrected chi connectivity index (χ3v) is 5.57. The number of amides is 2. The van der Waals surface area contributed by atoms with Crippen molar-refractivity contribution in [2.75, 3.05) is 11.9 Å². The lowest BCUT2D eigenvalue weighted by molar-refractivity contribution is -0.156. The van der Waals surface area contributed by atoms with Gasteiger partial charge in [0.25, 0.3) is 11.8 Å². The van der Waals surface area contributed by atoms with Gasteiger partial charge in [0.05, 0.1) is 4.88 Å². The molecule has 0 saturated carbocycles. The van der Waals surface area contributed by atoms with Crippen LogP contribution in [0.1, 0.15) is 46.7 Å². The number of hydrogen-bond donors (Lipinski definition) is 1. The summed E-state index contributed by atoms with van der Waals surface area (Å²) in [7, 11) is 0. The second-order valence-electron chi connectivity index (χ2n) is 6.84. The fourth-order valence-electron chi connectivity index (χ4n) is 3.16. The second kappa shape index (κ2) is 9.00. The monoisotopic (exact) mass is 414 g/mol. The molecule has 152 valence electrons. The van der Waals surface area contributed by atoms with Gasteiger partial charge in [0.2, 0.25) is 0 Å². The Labute approximate surface area is 172 Å². The van der Waals surface area contributed by atoms with Gasteiger partial charge >= 0.3 is 5.97 Å². The number of likely N-dealkylation sites (tertiary alicyclic amines) is 1. The fraction of sp³-hybridized carbons (Fsp3) is 0.333. The van der Waals surface area contributed by atoms with E-state index in [2.05, 4.69) is 5.32 Å². The van der Waals surface area contributed by atoms with E-state index >= 15 is 0 Å². The van der Waals surface area contributed by atoms with Crippen LogP contribution in [0, 0.1) is 0 Å². The summed E-state index contributed by atoms with van der Waals surface area (Å²) in [5, 5.41) is 4.45. The first kappa shape index (κ1) is 20.7. The maximum absolute atomic E-state index is 12.6. The zero-order valence-electron chi connectivity index (χ0n) is 16.2. The van der Waals surface area contributed by atoms with Crippen molar-refractivity contribution < 1.29 is 23.9 Å². The fourth-order valence-corrected chi connectivity index (χ4v) is 3.84. The van der Waals surface area contributed by atoms with Crippen molar-refractivity contribution in [2.45, 2.75) is 38.8 Å². The third-order valence-electron chi connectivity index (χ3n) is 4.72. The Balaban J connectivity index is 1.60. The van der Waals surface area contributed by atoms with Crippen LogP contribution in [-0.4, -0.2) is 47.2 Å². The molecular weight excluding hydrogens is 392 g/mol. The Morgan fingerprint density at radius 3 is 2.69 bits per heavy atom. The molecule has 3 rings (SSSR count). The van der Waals surface area contributed by atoms with Gasteiger partial charge < -0.3 is 15.0 Å². The van der Waals surface area contributed by atoms with Crippen LogP contribution >= 0.6 is 11.3 Å². The van der Waals surface area contributed by atoms with Gasteiger partial charge in [-0.2, -0.15) is 0 Å². The number of anilines is 1. The molecule has 1 aliphatic rings. The number of ketones is 1. The number of thiophene rings is 1. The Morgan fingerprint density at radius 1 is 1.21 bits per heavy atom. The minimum Gasteiger partial charge on any atom is -0.451 e. The maximum Gasteiger partial charge on any atom is 0.329 e. The molecule has 2 amide bonds. The lowest BCUT2D eigenvalue weighted by Gasteiger charge is -2.24. The van der Waals surface area contributed by atoms with E-state index in [1.54, 1.807) is 36.4 Å². The second-order valence-corrected chi connectivity index (χ2v) is 7.79. The Morgan fingerprint density at radius 2 is 2.00 bits per heavy atom. The number of esters is 1. The highest BCUT2D eigenvalue weighted by Crippen LogP contribution is 2.23. The average molecular weight is 414 g/mol. The van der Waals surface area contributed by atoms with Crippen molar-refractivity contribution in [1.82, 2.24) is 4.90 Å². The minimum atomic E-state index is -1.04. The molecule has 8 heteroatoms. The SMILES string of the molecule is CC(=O)c1cccc(NC(=O)C(C)OC(=O)[C@@H]2CCCN2C(=O)c2cccs2)c1. The van der Waals surface area contributed by atoms with Gasteiger partial charge in [-0.3, -0.25) is 14.4 Å². The predicted octanol–water partition coefficient (Wildman–Crippen LogP) is 3.13. The van der Waals surface area contributed by atoms with Gasteiger partial charge in [-0.15, -0.1) is 11.3 Å². The van der Waals surface area contributed by atoms with E-state index in [0.29, 0.717) is 35.5 Å². The van der Waals surface area contributed by atoms with Crippen LogP contribution < -0.4 is 5.32 Å². The largest absolute Gasteiger partial charge is 0.451 e. The lowest BCUT2D eigenvalue weighted by atomic mass is 10.1. The normalized spacial score (nSPS) is 16.9. The van der Waals surface area contributed by atoms with Crippen molar-refractivity contribution in [2.24, 2.45) is 0 Å². The summed E-state index contributed by atoms with van der Waals surface area (Å²) in [6.45, 7) is 3.40. The molecule has 1 N–H and O–H groups in total. The molecule has 0 spiro atoms. The summed E-state index contributed by atoms with van der Waals surface area (Å²) in [6.07, 6.45) is 0.169. The Kier molecular flexibility index (Phi) is 6.43. The molecule has 0 bridgehead atoms. The molecule has 0 radical (unpaired) electrons. The number of ether oxygens (including phenoxy) is 1. The van der Waals surface area contributed by atoms with Crippen LogP contribution in [0.5, 0.6) is 0 Å². The molecule has 1 unspecified atom stereocenters. The van der Waals surface area contributed by atoms with Crippen LogP contribution in [0.15, 0.2) is 41.8 Å². The molecular formula is C21H22N2O5S. The molecule has 29 heavy (non-hydrogen) atoms. The minimum absolute atomic E-state index is 0.114.